The molecule has 7 heteroatoms. The van der Waals surface area contributed by atoms with E-state index in [4.69, 9.17) is 20.9 Å². The Hall–Kier alpha value is -2.28. The molecule has 1 atom stereocenters. The molecular weight excluding hydrogens is 250 g/mol. The second-order valence-corrected chi connectivity index (χ2v) is 3.79. The molecule has 0 fully saturated rings. The molecule has 0 bridgehead atoms. The lowest BCUT2D eigenvalue weighted by atomic mass is 10.2. The topological polar surface area (TPSA) is 117 Å². The van der Waals surface area contributed by atoms with E-state index in [1.807, 2.05) is 5.32 Å². The lowest BCUT2D eigenvalue weighted by Crippen LogP contribution is -2.42. The summed E-state index contributed by atoms with van der Waals surface area (Å²) >= 11 is 0. The number of hydrogen-bond donors (Lipinski definition) is 3. The predicted octanol–water partition coefficient (Wildman–Crippen LogP) is 0.116. The Balaban J connectivity index is 2.81. The molecule has 19 heavy (non-hydrogen) atoms. The van der Waals surface area contributed by atoms with Crippen LogP contribution in [0.3, 0.4) is 0 Å². The van der Waals surface area contributed by atoms with Gasteiger partial charge in [0.05, 0.1) is 7.11 Å². The number of hydrogen-bond acceptors (Lipinski definition) is 5. The van der Waals surface area contributed by atoms with Crippen molar-refractivity contribution in [1.82, 2.24) is 5.32 Å². The average molecular weight is 267 g/mol. The van der Waals surface area contributed by atoms with Crippen molar-refractivity contribution < 1.29 is 19.1 Å². The van der Waals surface area contributed by atoms with Gasteiger partial charge in [-0.15, -0.1) is 0 Å². The lowest BCUT2D eigenvalue weighted by molar-refractivity contribution is -0.126. The molecular formula is C12H17N3O4. The minimum atomic E-state index is -0.922. The number of primary amides is 1. The van der Waals surface area contributed by atoms with E-state index in [1.165, 1.54) is 6.92 Å². The third kappa shape index (κ3) is 4.14. The standard InChI is InChI=1S/C12H17N3O4/c1-7(11(16)15-12(14)17)19-10-4-3-9(18-2)5-8(10)6-13/h3-5,7H,6,13H2,1-2H3,(H3,14,15,16,17). The van der Waals surface area contributed by atoms with Crippen molar-refractivity contribution in [1.29, 1.82) is 0 Å². The van der Waals surface area contributed by atoms with Crippen LogP contribution in [0.25, 0.3) is 0 Å². The number of rotatable bonds is 5. The van der Waals surface area contributed by atoms with E-state index < -0.39 is 18.0 Å². The monoisotopic (exact) mass is 267 g/mol. The van der Waals surface area contributed by atoms with Crippen LogP contribution >= 0.6 is 0 Å². The van der Waals surface area contributed by atoms with Gasteiger partial charge in [0.1, 0.15) is 11.5 Å². The number of nitrogens with one attached hydrogen (secondary N) is 1. The van der Waals surface area contributed by atoms with E-state index in [1.54, 1.807) is 25.3 Å². The zero-order valence-electron chi connectivity index (χ0n) is 10.8. The van der Waals surface area contributed by atoms with Crippen molar-refractivity contribution >= 4 is 11.9 Å². The maximum atomic E-state index is 11.5. The number of benzene rings is 1. The Kier molecular flexibility index (Phi) is 5.13. The van der Waals surface area contributed by atoms with Gasteiger partial charge in [-0.05, 0) is 25.1 Å². The lowest BCUT2D eigenvalue weighted by Gasteiger charge is -2.16. The summed E-state index contributed by atoms with van der Waals surface area (Å²) in [6.07, 6.45) is -0.869. The zero-order valence-corrected chi connectivity index (χ0v) is 10.8. The fraction of sp³-hybridized carbons (Fsp3) is 0.333. The van der Waals surface area contributed by atoms with Crippen LogP contribution in [0.2, 0.25) is 0 Å². The molecule has 0 aliphatic carbocycles. The van der Waals surface area contributed by atoms with Crippen molar-refractivity contribution in [3.8, 4) is 11.5 Å². The predicted molar refractivity (Wildman–Crippen MR) is 68.7 cm³/mol. The first kappa shape index (κ1) is 14.8. The van der Waals surface area contributed by atoms with E-state index in [0.717, 1.165) is 0 Å². The molecule has 0 saturated carbocycles. The first-order chi connectivity index (χ1) is 8.97. The third-order valence-corrected chi connectivity index (χ3v) is 2.41. The molecule has 1 aromatic rings. The van der Waals surface area contributed by atoms with Crippen LogP contribution in [-0.4, -0.2) is 25.2 Å². The summed E-state index contributed by atoms with van der Waals surface area (Å²) in [5.74, 6) is 0.476. The Morgan fingerprint density at radius 2 is 2.11 bits per heavy atom. The van der Waals surface area contributed by atoms with E-state index in [0.29, 0.717) is 17.1 Å². The van der Waals surface area contributed by atoms with Crippen molar-refractivity contribution in [2.75, 3.05) is 7.11 Å². The number of amides is 3. The minimum absolute atomic E-state index is 0.233. The van der Waals surface area contributed by atoms with Crippen molar-refractivity contribution in [2.24, 2.45) is 11.5 Å². The van der Waals surface area contributed by atoms with Gasteiger partial charge in [0.25, 0.3) is 5.91 Å². The molecule has 1 rings (SSSR count). The molecule has 5 N–H and O–H groups in total. The van der Waals surface area contributed by atoms with E-state index >= 15 is 0 Å². The fourth-order valence-corrected chi connectivity index (χ4v) is 1.42. The van der Waals surface area contributed by atoms with Gasteiger partial charge >= 0.3 is 6.03 Å². The van der Waals surface area contributed by atoms with Gasteiger partial charge in [-0.1, -0.05) is 0 Å². The maximum absolute atomic E-state index is 11.5. The molecule has 104 valence electrons. The van der Waals surface area contributed by atoms with E-state index in [-0.39, 0.29) is 6.54 Å². The Morgan fingerprint density at radius 3 is 2.63 bits per heavy atom. The van der Waals surface area contributed by atoms with E-state index in [2.05, 4.69) is 0 Å². The quantitative estimate of drug-likeness (QED) is 0.700. The second-order valence-electron chi connectivity index (χ2n) is 3.79. The number of carbonyl (C=O) groups is 2. The van der Waals surface area contributed by atoms with Crippen LogP contribution in [0.15, 0.2) is 18.2 Å². The van der Waals surface area contributed by atoms with Gasteiger partial charge in [0.15, 0.2) is 6.10 Å². The first-order valence-corrected chi connectivity index (χ1v) is 5.61. The van der Waals surface area contributed by atoms with Crippen LogP contribution < -0.4 is 26.3 Å². The summed E-state index contributed by atoms with van der Waals surface area (Å²) < 4.78 is 10.5. The number of ether oxygens (including phenoxy) is 2. The average Bonchev–Trinajstić information content (AvgIpc) is 2.38. The van der Waals surface area contributed by atoms with Gasteiger partial charge in [0, 0.05) is 12.1 Å². The summed E-state index contributed by atoms with van der Waals surface area (Å²) in [7, 11) is 1.54. The van der Waals surface area contributed by atoms with Crippen LogP contribution in [0.4, 0.5) is 4.79 Å². The summed E-state index contributed by atoms with van der Waals surface area (Å²) in [5.41, 5.74) is 11.1. The number of nitrogens with two attached hydrogens (primary N) is 2. The summed E-state index contributed by atoms with van der Waals surface area (Å²) in [6, 6.07) is 4.13. The molecule has 0 aromatic heterocycles. The van der Waals surface area contributed by atoms with Crippen molar-refractivity contribution in [2.45, 2.75) is 19.6 Å². The van der Waals surface area contributed by atoms with Gasteiger partial charge in [-0.3, -0.25) is 10.1 Å². The van der Waals surface area contributed by atoms with Crippen molar-refractivity contribution in [3.63, 3.8) is 0 Å². The summed E-state index contributed by atoms with van der Waals surface area (Å²) in [4.78, 5) is 22.1. The second kappa shape index (κ2) is 6.60. The maximum Gasteiger partial charge on any atom is 0.318 e. The van der Waals surface area contributed by atoms with Crippen LogP contribution in [0.1, 0.15) is 12.5 Å². The molecule has 0 radical (unpaired) electrons. The zero-order chi connectivity index (χ0) is 14.4. The molecule has 0 aliphatic heterocycles. The molecule has 1 unspecified atom stereocenters. The normalized spacial score (nSPS) is 11.5. The number of imide groups is 1. The summed E-state index contributed by atoms with van der Waals surface area (Å²) in [6.45, 7) is 1.74. The molecule has 0 saturated heterocycles. The summed E-state index contributed by atoms with van der Waals surface area (Å²) in [5, 5.41) is 1.94. The van der Waals surface area contributed by atoms with Crippen LogP contribution in [0, 0.1) is 0 Å². The highest BCUT2D eigenvalue weighted by Crippen LogP contribution is 2.24. The van der Waals surface area contributed by atoms with Gasteiger partial charge in [0.2, 0.25) is 0 Å². The Bertz CT molecular complexity index is 476. The van der Waals surface area contributed by atoms with Gasteiger partial charge in [-0.25, -0.2) is 4.79 Å². The first-order valence-electron chi connectivity index (χ1n) is 5.61. The number of urea groups is 1. The SMILES string of the molecule is COc1ccc(OC(C)C(=O)NC(N)=O)c(CN)c1. The van der Waals surface area contributed by atoms with Crippen LogP contribution in [0.5, 0.6) is 11.5 Å². The molecule has 3 amide bonds. The molecule has 1 aromatic carbocycles. The van der Waals surface area contributed by atoms with Crippen molar-refractivity contribution in [3.05, 3.63) is 23.8 Å². The fourth-order valence-electron chi connectivity index (χ4n) is 1.42. The highest BCUT2D eigenvalue weighted by Gasteiger charge is 2.17. The van der Waals surface area contributed by atoms with Crippen LogP contribution in [-0.2, 0) is 11.3 Å². The highest BCUT2D eigenvalue weighted by atomic mass is 16.5. The molecule has 0 spiro atoms. The minimum Gasteiger partial charge on any atom is -0.497 e. The number of carbonyl (C=O) groups excluding carboxylic acids is 2. The van der Waals surface area contributed by atoms with E-state index in [9.17, 15) is 9.59 Å². The molecule has 7 nitrogen and oxygen atoms in total. The van der Waals surface area contributed by atoms with Gasteiger partial charge < -0.3 is 20.9 Å². The Labute approximate surface area is 110 Å². The molecule has 0 heterocycles. The third-order valence-electron chi connectivity index (χ3n) is 2.41. The van der Waals surface area contributed by atoms with Gasteiger partial charge in [-0.2, -0.15) is 0 Å². The largest absolute Gasteiger partial charge is 0.497 e. The number of methoxy groups -OCH3 is 1. The highest BCUT2D eigenvalue weighted by molar-refractivity contribution is 5.95. The smallest absolute Gasteiger partial charge is 0.318 e. The Morgan fingerprint density at radius 1 is 1.42 bits per heavy atom. The molecule has 0 aliphatic rings.